The molecule has 0 aliphatic rings. The molecule has 1 rings (SSSR count). The van der Waals surface area contributed by atoms with Crippen LogP contribution in [0.4, 0.5) is 5.69 Å². The quantitative estimate of drug-likeness (QED) is 0.635. The monoisotopic (exact) mass is 264 g/mol. The van der Waals surface area contributed by atoms with Crippen LogP contribution in [-0.2, 0) is 4.79 Å². The predicted molar refractivity (Wildman–Crippen MR) is 74.0 cm³/mol. The lowest BCUT2D eigenvalue weighted by Crippen LogP contribution is -2.34. The van der Waals surface area contributed by atoms with Crippen molar-refractivity contribution in [2.24, 2.45) is 0 Å². The number of nitrogens with zero attached hydrogens (tertiary/aromatic N) is 1. The van der Waals surface area contributed by atoms with Gasteiger partial charge in [0.15, 0.2) is 0 Å². The van der Waals surface area contributed by atoms with Crippen LogP contribution in [0.1, 0.15) is 30.8 Å². The van der Waals surface area contributed by atoms with Crippen LogP contribution < -0.4 is 16.0 Å². The van der Waals surface area contributed by atoms with Gasteiger partial charge in [-0.25, -0.2) is 0 Å². The van der Waals surface area contributed by atoms with Crippen molar-refractivity contribution in [2.45, 2.75) is 20.3 Å². The summed E-state index contributed by atoms with van der Waals surface area (Å²) in [4.78, 5) is 26.5. The van der Waals surface area contributed by atoms with E-state index in [-0.39, 0.29) is 11.8 Å². The Morgan fingerprint density at radius 3 is 2.63 bits per heavy atom. The van der Waals surface area contributed by atoms with Gasteiger partial charge in [0.05, 0.1) is 0 Å². The molecule has 19 heavy (non-hydrogen) atoms. The number of hydrogen-bond donors (Lipinski definition) is 3. The molecular weight excluding hydrogens is 244 g/mol. The number of pyridine rings is 1. The van der Waals surface area contributed by atoms with Crippen LogP contribution in [0, 0.1) is 0 Å². The van der Waals surface area contributed by atoms with Crippen molar-refractivity contribution in [2.75, 3.05) is 25.0 Å². The second-order valence-corrected chi connectivity index (χ2v) is 4.10. The molecule has 0 fully saturated rings. The molecule has 0 unspecified atom stereocenters. The van der Waals surface area contributed by atoms with E-state index >= 15 is 0 Å². The standard InChI is InChI=1S/C13H20N4O2/c1-3-5-15-11-4-6-16-12(9-11)13(19)17-8-7-14-10(2)18/h4,6,9H,3,5,7-8H2,1-2H3,(H,14,18)(H,15,16)(H,17,19). The molecule has 6 nitrogen and oxygen atoms in total. The lowest BCUT2D eigenvalue weighted by Gasteiger charge is -2.07. The van der Waals surface area contributed by atoms with Gasteiger partial charge in [-0.05, 0) is 18.6 Å². The van der Waals surface area contributed by atoms with E-state index in [1.54, 1.807) is 12.3 Å². The minimum atomic E-state index is -0.245. The zero-order valence-electron chi connectivity index (χ0n) is 11.3. The smallest absolute Gasteiger partial charge is 0.270 e. The van der Waals surface area contributed by atoms with Gasteiger partial charge in [-0.3, -0.25) is 14.6 Å². The number of aromatic nitrogens is 1. The van der Waals surface area contributed by atoms with E-state index in [9.17, 15) is 9.59 Å². The summed E-state index contributed by atoms with van der Waals surface area (Å²) in [6.45, 7) is 5.16. The summed E-state index contributed by atoms with van der Waals surface area (Å²) < 4.78 is 0. The number of hydrogen-bond acceptors (Lipinski definition) is 4. The highest BCUT2D eigenvalue weighted by Gasteiger charge is 2.07. The largest absolute Gasteiger partial charge is 0.385 e. The fourth-order valence-corrected chi connectivity index (χ4v) is 1.44. The molecule has 0 aromatic carbocycles. The highest BCUT2D eigenvalue weighted by atomic mass is 16.2. The Balaban J connectivity index is 2.45. The first-order valence-corrected chi connectivity index (χ1v) is 6.36. The Morgan fingerprint density at radius 2 is 1.95 bits per heavy atom. The number of amides is 2. The van der Waals surface area contributed by atoms with E-state index < -0.39 is 0 Å². The number of carbonyl (C=O) groups is 2. The summed E-state index contributed by atoms with van der Waals surface area (Å²) in [5, 5.41) is 8.49. The normalized spacial score (nSPS) is 9.79. The maximum atomic E-state index is 11.8. The van der Waals surface area contributed by atoms with E-state index in [1.165, 1.54) is 6.92 Å². The first-order valence-electron chi connectivity index (χ1n) is 6.36. The van der Waals surface area contributed by atoms with Gasteiger partial charge in [0.25, 0.3) is 5.91 Å². The van der Waals surface area contributed by atoms with E-state index in [0.717, 1.165) is 18.7 Å². The van der Waals surface area contributed by atoms with Crippen molar-refractivity contribution in [3.63, 3.8) is 0 Å². The average molecular weight is 264 g/mol. The zero-order chi connectivity index (χ0) is 14.1. The van der Waals surface area contributed by atoms with E-state index in [1.807, 2.05) is 6.07 Å². The molecular formula is C13H20N4O2. The number of rotatable bonds is 7. The van der Waals surface area contributed by atoms with Crippen molar-refractivity contribution in [1.82, 2.24) is 15.6 Å². The maximum absolute atomic E-state index is 11.8. The molecule has 2 amide bonds. The van der Waals surface area contributed by atoms with Crippen molar-refractivity contribution in [3.8, 4) is 0 Å². The Hall–Kier alpha value is -2.11. The first-order chi connectivity index (χ1) is 9.13. The molecule has 104 valence electrons. The molecule has 0 aliphatic carbocycles. The summed E-state index contributed by atoms with van der Waals surface area (Å²) in [7, 11) is 0. The van der Waals surface area contributed by atoms with E-state index in [4.69, 9.17) is 0 Å². The van der Waals surface area contributed by atoms with Gasteiger partial charge >= 0.3 is 0 Å². The summed E-state index contributed by atoms with van der Waals surface area (Å²) in [5.41, 5.74) is 1.24. The number of anilines is 1. The first kappa shape index (κ1) is 14.9. The number of carbonyl (C=O) groups excluding carboxylic acids is 2. The molecule has 1 aromatic heterocycles. The van der Waals surface area contributed by atoms with Crippen LogP contribution in [0.2, 0.25) is 0 Å². The predicted octanol–water partition coefficient (Wildman–Crippen LogP) is 0.769. The zero-order valence-corrected chi connectivity index (χ0v) is 11.3. The Labute approximate surface area is 113 Å². The SMILES string of the molecule is CCCNc1ccnc(C(=O)NCCNC(C)=O)c1. The van der Waals surface area contributed by atoms with Crippen LogP contribution in [0.5, 0.6) is 0 Å². The molecule has 0 radical (unpaired) electrons. The Morgan fingerprint density at radius 1 is 1.21 bits per heavy atom. The second-order valence-electron chi connectivity index (χ2n) is 4.10. The molecule has 1 heterocycles. The second kappa shape index (κ2) is 8.07. The van der Waals surface area contributed by atoms with Gasteiger partial charge in [0, 0.05) is 38.4 Å². The van der Waals surface area contributed by atoms with Crippen LogP contribution in [0.15, 0.2) is 18.3 Å². The minimum Gasteiger partial charge on any atom is -0.385 e. The van der Waals surface area contributed by atoms with Crippen LogP contribution in [0.25, 0.3) is 0 Å². The highest BCUT2D eigenvalue weighted by molar-refractivity contribution is 5.93. The molecule has 0 aliphatic heterocycles. The lowest BCUT2D eigenvalue weighted by atomic mass is 10.3. The minimum absolute atomic E-state index is 0.113. The van der Waals surface area contributed by atoms with Gasteiger partial charge < -0.3 is 16.0 Å². The molecule has 1 aromatic rings. The molecule has 0 atom stereocenters. The van der Waals surface area contributed by atoms with Crippen LogP contribution >= 0.6 is 0 Å². The van der Waals surface area contributed by atoms with Gasteiger partial charge in [-0.1, -0.05) is 6.92 Å². The number of nitrogens with one attached hydrogen (secondary N) is 3. The van der Waals surface area contributed by atoms with Crippen molar-refractivity contribution < 1.29 is 9.59 Å². The molecule has 0 spiro atoms. The van der Waals surface area contributed by atoms with Gasteiger partial charge in [0.1, 0.15) is 5.69 Å². The fraction of sp³-hybridized carbons (Fsp3) is 0.462. The lowest BCUT2D eigenvalue weighted by molar-refractivity contribution is -0.118. The summed E-state index contributed by atoms with van der Waals surface area (Å²) in [6.07, 6.45) is 2.61. The van der Waals surface area contributed by atoms with Crippen LogP contribution in [0.3, 0.4) is 0 Å². The van der Waals surface area contributed by atoms with Gasteiger partial charge in [-0.2, -0.15) is 0 Å². The molecule has 0 saturated heterocycles. The van der Waals surface area contributed by atoms with Crippen LogP contribution in [-0.4, -0.2) is 36.4 Å². The topological polar surface area (TPSA) is 83.1 Å². The third-order valence-corrected chi connectivity index (χ3v) is 2.36. The van der Waals surface area contributed by atoms with Crippen molar-refractivity contribution >= 4 is 17.5 Å². The average Bonchev–Trinajstić information content (AvgIpc) is 2.41. The van der Waals surface area contributed by atoms with E-state index in [0.29, 0.717) is 18.8 Å². The third-order valence-electron chi connectivity index (χ3n) is 2.36. The van der Waals surface area contributed by atoms with Gasteiger partial charge in [0.2, 0.25) is 5.91 Å². The van der Waals surface area contributed by atoms with E-state index in [2.05, 4.69) is 27.9 Å². The molecule has 0 bridgehead atoms. The highest BCUT2D eigenvalue weighted by Crippen LogP contribution is 2.07. The van der Waals surface area contributed by atoms with Crippen molar-refractivity contribution in [1.29, 1.82) is 0 Å². The maximum Gasteiger partial charge on any atom is 0.270 e. The molecule has 0 saturated carbocycles. The Bertz CT molecular complexity index is 434. The molecule has 3 N–H and O–H groups in total. The third kappa shape index (κ3) is 5.85. The molecule has 6 heteroatoms. The van der Waals surface area contributed by atoms with Gasteiger partial charge in [-0.15, -0.1) is 0 Å². The van der Waals surface area contributed by atoms with Crippen molar-refractivity contribution in [3.05, 3.63) is 24.0 Å². The fourth-order valence-electron chi connectivity index (χ4n) is 1.44. The summed E-state index contributed by atoms with van der Waals surface area (Å²) in [5.74, 6) is -0.358. The summed E-state index contributed by atoms with van der Waals surface area (Å²) >= 11 is 0. The Kier molecular flexibility index (Phi) is 6.35. The summed E-state index contributed by atoms with van der Waals surface area (Å²) in [6, 6.07) is 3.53.